The molecule has 0 aliphatic carbocycles. The van der Waals surface area contributed by atoms with Crippen molar-refractivity contribution in [2.75, 3.05) is 19.6 Å². The van der Waals surface area contributed by atoms with Gasteiger partial charge in [-0.15, -0.1) is 0 Å². The van der Waals surface area contributed by atoms with Gasteiger partial charge in [-0.3, -0.25) is 4.79 Å². The van der Waals surface area contributed by atoms with Crippen molar-refractivity contribution in [3.8, 4) is 11.4 Å². The lowest BCUT2D eigenvalue weighted by molar-refractivity contribution is 0.0945. The second-order valence-corrected chi connectivity index (χ2v) is 8.25. The van der Waals surface area contributed by atoms with Crippen molar-refractivity contribution < 1.29 is 9.32 Å². The molecule has 2 heterocycles. The molecule has 1 aromatic carbocycles. The van der Waals surface area contributed by atoms with E-state index in [1.165, 1.54) is 6.42 Å². The van der Waals surface area contributed by atoms with E-state index in [9.17, 15) is 4.79 Å². The molecule has 140 valence electrons. The van der Waals surface area contributed by atoms with E-state index in [0.717, 1.165) is 31.5 Å². The molecule has 26 heavy (non-hydrogen) atoms. The van der Waals surface area contributed by atoms with Crippen molar-refractivity contribution >= 4 is 5.91 Å². The maximum atomic E-state index is 12.5. The minimum atomic E-state index is -0.0594. The van der Waals surface area contributed by atoms with Gasteiger partial charge in [-0.05, 0) is 49.4 Å². The van der Waals surface area contributed by atoms with Crippen LogP contribution in [0.4, 0.5) is 0 Å². The van der Waals surface area contributed by atoms with Crippen LogP contribution in [-0.2, 0) is 6.42 Å². The molecule has 1 aliphatic rings. The third-order valence-electron chi connectivity index (χ3n) is 4.48. The molecule has 0 radical (unpaired) electrons. The first-order valence-electron chi connectivity index (χ1n) is 9.33. The number of hydrogen-bond donors (Lipinski definition) is 2. The summed E-state index contributed by atoms with van der Waals surface area (Å²) in [6.07, 6.45) is 3.05. The van der Waals surface area contributed by atoms with Gasteiger partial charge in [-0.1, -0.05) is 38.1 Å². The molecule has 6 nitrogen and oxygen atoms in total. The Balaban J connectivity index is 1.65. The zero-order valence-corrected chi connectivity index (χ0v) is 15.8. The molecule has 0 bridgehead atoms. The van der Waals surface area contributed by atoms with E-state index in [4.69, 9.17) is 4.52 Å². The molecule has 0 saturated carbocycles. The zero-order chi connectivity index (χ0) is 18.6. The Labute approximate surface area is 154 Å². The summed E-state index contributed by atoms with van der Waals surface area (Å²) in [5, 5.41) is 10.5. The predicted octanol–water partition coefficient (Wildman–Crippen LogP) is 3.05. The Morgan fingerprint density at radius 1 is 1.38 bits per heavy atom. The van der Waals surface area contributed by atoms with Crippen LogP contribution in [0, 0.1) is 11.3 Å². The van der Waals surface area contributed by atoms with Gasteiger partial charge in [0.1, 0.15) is 0 Å². The summed E-state index contributed by atoms with van der Waals surface area (Å²) in [4.78, 5) is 16.9. The number of carbonyl (C=O) groups is 1. The van der Waals surface area contributed by atoms with Crippen LogP contribution < -0.4 is 10.6 Å². The molecule has 1 aromatic heterocycles. The average molecular weight is 356 g/mol. The number of benzene rings is 1. The Kier molecular flexibility index (Phi) is 5.71. The summed E-state index contributed by atoms with van der Waals surface area (Å²) in [6.45, 7) is 9.14. The van der Waals surface area contributed by atoms with E-state index < -0.39 is 0 Å². The van der Waals surface area contributed by atoms with E-state index in [1.54, 1.807) is 0 Å². The fourth-order valence-corrected chi connectivity index (χ4v) is 3.13. The topological polar surface area (TPSA) is 80.0 Å². The van der Waals surface area contributed by atoms with Crippen LogP contribution in [0.15, 0.2) is 28.8 Å². The molecule has 2 N–H and O–H groups in total. The second-order valence-electron chi connectivity index (χ2n) is 8.25. The van der Waals surface area contributed by atoms with E-state index in [-0.39, 0.29) is 11.3 Å². The van der Waals surface area contributed by atoms with Gasteiger partial charge in [0.2, 0.25) is 11.7 Å². The molecule has 0 spiro atoms. The number of rotatable bonds is 5. The summed E-state index contributed by atoms with van der Waals surface area (Å²) in [6, 6.07) is 7.38. The molecule has 1 amide bonds. The van der Waals surface area contributed by atoms with Crippen LogP contribution in [0.3, 0.4) is 0 Å². The van der Waals surface area contributed by atoms with Gasteiger partial charge in [0.05, 0.1) is 0 Å². The summed E-state index contributed by atoms with van der Waals surface area (Å²) in [5.41, 5.74) is 1.49. The minimum absolute atomic E-state index is 0.0594. The third kappa shape index (κ3) is 5.14. The first-order chi connectivity index (χ1) is 12.4. The standard InChI is InChI=1S/C20H28N4O2/c1-20(2,3)11-17-23-18(24-26-17)15-7-4-8-16(10-15)19(25)22-13-14-6-5-9-21-12-14/h4,7-8,10,14,21H,5-6,9,11-13H2,1-3H3,(H,22,25). The number of nitrogens with one attached hydrogen (secondary N) is 2. The largest absolute Gasteiger partial charge is 0.352 e. The number of hydrogen-bond acceptors (Lipinski definition) is 5. The Morgan fingerprint density at radius 2 is 2.23 bits per heavy atom. The molecule has 1 atom stereocenters. The van der Waals surface area contributed by atoms with Crippen molar-refractivity contribution in [3.05, 3.63) is 35.7 Å². The number of carbonyl (C=O) groups excluding carboxylic acids is 1. The van der Waals surface area contributed by atoms with E-state index in [1.807, 2.05) is 24.3 Å². The number of amides is 1. The van der Waals surface area contributed by atoms with Gasteiger partial charge in [0, 0.05) is 24.1 Å². The average Bonchev–Trinajstić information content (AvgIpc) is 3.07. The fraction of sp³-hybridized carbons (Fsp3) is 0.550. The van der Waals surface area contributed by atoms with Crippen molar-refractivity contribution in [3.63, 3.8) is 0 Å². The second kappa shape index (κ2) is 7.99. The SMILES string of the molecule is CC(C)(C)Cc1nc(-c2cccc(C(=O)NCC3CCCNC3)c2)no1. The van der Waals surface area contributed by atoms with E-state index >= 15 is 0 Å². The first-order valence-corrected chi connectivity index (χ1v) is 9.33. The normalized spacial score (nSPS) is 17.9. The highest BCUT2D eigenvalue weighted by atomic mass is 16.5. The highest BCUT2D eigenvalue weighted by Crippen LogP contribution is 2.22. The molecule has 6 heteroatoms. The van der Waals surface area contributed by atoms with Gasteiger partial charge in [0.25, 0.3) is 5.91 Å². The van der Waals surface area contributed by atoms with Crippen LogP contribution >= 0.6 is 0 Å². The fourth-order valence-electron chi connectivity index (χ4n) is 3.13. The minimum Gasteiger partial charge on any atom is -0.352 e. The van der Waals surface area contributed by atoms with Crippen molar-refractivity contribution in [2.45, 2.75) is 40.0 Å². The first kappa shape index (κ1) is 18.6. The van der Waals surface area contributed by atoms with Crippen LogP contribution in [0.25, 0.3) is 11.4 Å². The van der Waals surface area contributed by atoms with Crippen LogP contribution in [0.1, 0.15) is 49.9 Å². The van der Waals surface area contributed by atoms with Gasteiger partial charge in [0.15, 0.2) is 0 Å². The Hall–Kier alpha value is -2.21. The lowest BCUT2D eigenvalue weighted by Crippen LogP contribution is -2.38. The maximum Gasteiger partial charge on any atom is 0.251 e. The third-order valence-corrected chi connectivity index (χ3v) is 4.48. The maximum absolute atomic E-state index is 12.5. The Morgan fingerprint density at radius 3 is 2.96 bits per heavy atom. The van der Waals surface area contributed by atoms with E-state index in [0.29, 0.717) is 29.7 Å². The Bertz CT molecular complexity index is 742. The lowest BCUT2D eigenvalue weighted by atomic mass is 9.92. The van der Waals surface area contributed by atoms with Crippen LogP contribution in [0.2, 0.25) is 0 Å². The molecule has 1 fully saturated rings. The molecule has 1 unspecified atom stereocenters. The highest BCUT2D eigenvalue weighted by molar-refractivity contribution is 5.95. The molecular formula is C20H28N4O2. The summed E-state index contributed by atoms with van der Waals surface area (Å²) < 4.78 is 5.35. The summed E-state index contributed by atoms with van der Waals surface area (Å²) in [5.74, 6) is 1.59. The molecular weight excluding hydrogens is 328 g/mol. The quantitative estimate of drug-likeness (QED) is 0.861. The zero-order valence-electron chi connectivity index (χ0n) is 15.8. The van der Waals surface area contributed by atoms with Crippen molar-refractivity contribution in [1.82, 2.24) is 20.8 Å². The lowest BCUT2D eigenvalue weighted by Gasteiger charge is -2.22. The number of piperidine rings is 1. The number of nitrogens with zero attached hydrogens (tertiary/aromatic N) is 2. The summed E-state index contributed by atoms with van der Waals surface area (Å²) in [7, 11) is 0. The monoisotopic (exact) mass is 356 g/mol. The molecule has 1 saturated heterocycles. The van der Waals surface area contributed by atoms with Crippen LogP contribution in [0.5, 0.6) is 0 Å². The van der Waals surface area contributed by atoms with Crippen molar-refractivity contribution in [2.24, 2.45) is 11.3 Å². The smallest absolute Gasteiger partial charge is 0.251 e. The van der Waals surface area contributed by atoms with Crippen LogP contribution in [-0.4, -0.2) is 35.7 Å². The molecule has 3 rings (SSSR count). The molecule has 1 aliphatic heterocycles. The predicted molar refractivity (Wildman–Crippen MR) is 101 cm³/mol. The van der Waals surface area contributed by atoms with Gasteiger partial charge >= 0.3 is 0 Å². The van der Waals surface area contributed by atoms with E-state index in [2.05, 4.69) is 41.5 Å². The highest BCUT2D eigenvalue weighted by Gasteiger charge is 2.18. The molecule has 2 aromatic rings. The number of aromatic nitrogens is 2. The van der Waals surface area contributed by atoms with Crippen molar-refractivity contribution in [1.29, 1.82) is 0 Å². The van der Waals surface area contributed by atoms with Gasteiger partial charge in [-0.2, -0.15) is 4.98 Å². The van der Waals surface area contributed by atoms with Gasteiger partial charge in [-0.25, -0.2) is 0 Å². The summed E-state index contributed by atoms with van der Waals surface area (Å²) >= 11 is 0. The van der Waals surface area contributed by atoms with Gasteiger partial charge < -0.3 is 15.2 Å².